The molecule has 14 heavy (non-hydrogen) atoms. The zero-order valence-corrected chi connectivity index (χ0v) is 8.23. The summed E-state index contributed by atoms with van der Waals surface area (Å²) in [5, 5.41) is 9.36. The summed E-state index contributed by atoms with van der Waals surface area (Å²) in [6, 6.07) is 5.59. The van der Waals surface area contributed by atoms with Gasteiger partial charge in [-0.25, -0.2) is 0 Å². The lowest BCUT2D eigenvalue weighted by Crippen LogP contribution is -2.23. The molecule has 1 unspecified atom stereocenters. The van der Waals surface area contributed by atoms with Crippen molar-refractivity contribution in [2.24, 2.45) is 5.73 Å². The van der Waals surface area contributed by atoms with Gasteiger partial charge in [0.2, 0.25) is 0 Å². The number of rotatable bonds is 2. The van der Waals surface area contributed by atoms with Crippen molar-refractivity contribution < 1.29 is 9.84 Å². The Labute approximate surface area is 83.5 Å². The molecular weight excluding hydrogens is 178 g/mol. The molecule has 0 bridgehead atoms. The van der Waals surface area contributed by atoms with Crippen molar-refractivity contribution in [2.45, 2.75) is 25.5 Å². The summed E-state index contributed by atoms with van der Waals surface area (Å²) in [5.41, 5.74) is 7.99. The molecule has 2 rings (SSSR count). The Morgan fingerprint density at radius 2 is 2.29 bits per heavy atom. The molecule has 0 saturated carbocycles. The van der Waals surface area contributed by atoms with Gasteiger partial charge < -0.3 is 15.6 Å². The van der Waals surface area contributed by atoms with Crippen LogP contribution in [-0.2, 0) is 6.42 Å². The topological polar surface area (TPSA) is 55.5 Å². The maximum atomic E-state index is 9.36. The van der Waals surface area contributed by atoms with Gasteiger partial charge in [0.1, 0.15) is 5.75 Å². The minimum absolute atomic E-state index is 0.329. The summed E-state index contributed by atoms with van der Waals surface area (Å²) >= 11 is 0. The van der Waals surface area contributed by atoms with Crippen LogP contribution in [0.4, 0.5) is 0 Å². The van der Waals surface area contributed by atoms with Crippen molar-refractivity contribution in [3.8, 4) is 5.75 Å². The van der Waals surface area contributed by atoms with Crippen molar-refractivity contribution in [2.75, 3.05) is 6.61 Å². The van der Waals surface area contributed by atoms with Crippen molar-refractivity contribution in [1.29, 1.82) is 0 Å². The van der Waals surface area contributed by atoms with Crippen LogP contribution >= 0.6 is 0 Å². The summed E-state index contributed by atoms with van der Waals surface area (Å²) in [4.78, 5) is 0. The third kappa shape index (κ3) is 1.61. The maximum Gasteiger partial charge on any atom is 0.122 e. The quantitative estimate of drug-likeness (QED) is 0.736. The van der Waals surface area contributed by atoms with Crippen LogP contribution in [0.5, 0.6) is 5.75 Å². The molecule has 0 saturated heterocycles. The predicted octanol–water partition coefficient (Wildman–Crippen LogP) is 1.00. The Kier molecular flexibility index (Phi) is 2.44. The van der Waals surface area contributed by atoms with E-state index in [1.54, 1.807) is 6.92 Å². The van der Waals surface area contributed by atoms with E-state index in [0.29, 0.717) is 0 Å². The highest BCUT2D eigenvalue weighted by atomic mass is 16.5. The second-order valence-corrected chi connectivity index (χ2v) is 3.73. The number of hydrogen-bond donors (Lipinski definition) is 2. The summed E-state index contributed by atoms with van der Waals surface area (Å²) in [7, 11) is 0. The summed E-state index contributed by atoms with van der Waals surface area (Å²) in [6.07, 6.45) is 0.439. The van der Waals surface area contributed by atoms with Crippen LogP contribution in [0.1, 0.15) is 24.1 Å². The summed E-state index contributed by atoms with van der Waals surface area (Å²) in [6.45, 7) is 2.45. The van der Waals surface area contributed by atoms with Gasteiger partial charge in [-0.2, -0.15) is 0 Å². The number of ether oxygens (including phenoxy) is 1. The van der Waals surface area contributed by atoms with Gasteiger partial charge >= 0.3 is 0 Å². The van der Waals surface area contributed by atoms with Gasteiger partial charge in [0.15, 0.2) is 0 Å². The average Bonchev–Trinajstić information content (AvgIpc) is 2.62. The van der Waals surface area contributed by atoms with Gasteiger partial charge in [-0.05, 0) is 24.1 Å². The van der Waals surface area contributed by atoms with E-state index >= 15 is 0 Å². The Hall–Kier alpha value is -1.06. The van der Waals surface area contributed by atoms with E-state index in [1.165, 1.54) is 5.56 Å². The first-order valence-corrected chi connectivity index (χ1v) is 4.88. The van der Waals surface area contributed by atoms with Gasteiger partial charge in [-0.1, -0.05) is 12.1 Å². The van der Waals surface area contributed by atoms with Crippen molar-refractivity contribution in [3.63, 3.8) is 0 Å². The molecule has 3 heteroatoms. The normalized spacial score (nSPS) is 18.5. The van der Waals surface area contributed by atoms with Gasteiger partial charge in [0.05, 0.1) is 18.8 Å². The minimum atomic E-state index is -0.533. The fourth-order valence-corrected chi connectivity index (χ4v) is 1.67. The highest BCUT2D eigenvalue weighted by molar-refractivity contribution is 5.41. The van der Waals surface area contributed by atoms with E-state index in [1.807, 2.05) is 18.2 Å². The number of nitrogens with two attached hydrogens (primary N) is 1. The smallest absolute Gasteiger partial charge is 0.122 e. The van der Waals surface area contributed by atoms with Crippen LogP contribution in [0.2, 0.25) is 0 Å². The van der Waals surface area contributed by atoms with E-state index in [-0.39, 0.29) is 6.04 Å². The highest BCUT2D eigenvalue weighted by Gasteiger charge is 2.17. The number of aliphatic hydroxyl groups is 1. The van der Waals surface area contributed by atoms with Gasteiger partial charge in [-0.15, -0.1) is 0 Å². The van der Waals surface area contributed by atoms with Crippen LogP contribution in [0, 0.1) is 0 Å². The summed E-state index contributed by atoms with van der Waals surface area (Å²) in [5.74, 6) is 0.915. The fraction of sp³-hybridized carbons (Fsp3) is 0.455. The third-order valence-electron chi connectivity index (χ3n) is 2.62. The van der Waals surface area contributed by atoms with Crippen LogP contribution in [0.25, 0.3) is 0 Å². The lowest BCUT2D eigenvalue weighted by Gasteiger charge is -2.15. The molecule has 0 aliphatic carbocycles. The van der Waals surface area contributed by atoms with E-state index < -0.39 is 6.10 Å². The number of hydrogen-bond acceptors (Lipinski definition) is 3. The number of aliphatic hydroxyl groups excluding tert-OH is 1. The molecule has 0 radical (unpaired) electrons. The second kappa shape index (κ2) is 3.59. The van der Waals surface area contributed by atoms with E-state index in [4.69, 9.17) is 10.5 Å². The highest BCUT2D eigenvalue weighted by Crippen LogP contribution is 2.28. The first-order chi connectivity index (χ1) is 6.68. The van der Waals surface area contributed by atoms with Gasteiger partial charge in [-0.3, -0.25) is 0 Å². The Balaban J connectivity index is 2.28. The first kappa shape index (κ1) is 9.49. The van der Waals surface area contributed by atoms with Crippen LogP contribution < -0.4 is 10.5 Å². The standard InChI is InChI=1S/C11H15NO2/c1-7(13)11(12)9-3-2-8-4-5-14-10(8)6-9/h2-3,6-7,11,13H,4-5,12H2,1H3/t7?,11-/m1/s1. The zero-order chi connectivity index (χ0) is 10.1. The van der Waals surface area contributed by atoms with E-state index in [2.05, 4.69) is 0 Å². The molecule has 0 aromatic heterocycles. The molecular formula is C11H15NO2. The molecule has 0 spiro atoms. The van der Waals surface area contributed by atoms with Gasteiger partial charge in [0, 0.05) is 6.42 Å². The molecule has 1 aromatic rings. The maximum absolute atomic E-state index is 9.36. The Morgan fingerprint density at radius 1 is 1.50 bits per heavy atom. The van der Waals surface area contributed by atoms with Crippen LogP contribution in [-0.4, -0.2) is 17.8 Å². The molecule has 1 aliphatic heterocycles. The predicted molar refractivity (Wildman–Crippen MR) is 54.3 cm³/mol. The third-order valence-corrected chi connectivity index (χ3v) is 2.62. The molecule has 1 heterocycles. The minimum Gasteiger partial charge on any atom is -0.493 e. The zero-order valence-electron chi connectivity index (χ0n) is 8.23. The fourth-order valence-electron chi connectivity index (χ4n) is 1.67. The monoisotopic (exact) mass is 193 g/mol. The average molecular weight is 193 g/mol. The number of benzene rings is 1. The van der Waals surface area contributed by atoms with Crippen molar-refractivity contribution in [3.05, 3.63) is 29.3 Å². The summed E-state index contributed by atoms with van der Waals surface area (Å²) < 4.78 is 5.43. The molecule has 2 atom stereocenters. The Bertz CT molecular complexity index is 336. The van der Waals surface area contributed by atoms with Crippen LogP contribution in [0.15, 0.2) is 18.2 Å². The lowest BCUT2D eigenvalue weighted by atomic mass is 10.0. The molecule has 76 valence electrons. The molecule has 0 amide bonds. The number of fused-ring (bicyclic) bond motifs is 1. The molecule has 0 fully saturated rings. The van der Waals surface area contributed by atoms with E-state index in [9.17, 15) is 5.11 Å². The largest absolute Gasteiger partial charge is 0.493 e. The first-order valence-electron chi connectivity index (χ1n) is 4.88. The Morgan fingerprint density at radius 3 is 3.00 bits per heavy atom. The van der Waals surface area contributed by atoms with Crippen molar-refractivity contribution in [1.82, 2.24) is 0 Å². The molecule has 1 aliphatic rings. The lowest BCUT2D eigenvalue weighted by molar-refractivity contribution is 0.164. The SMILES string of the molecule is CC(O)[C@@H](N)c1ccc2c(c1)OCC2. The van der Waals surface area contributed by atoms with Crippen LogP contribution in [0.3, 0.4) is 0 Å². The molecule has 1 aromatic carbocycles. The molecule has 3 nitrogen and oxygen atoms in total. The molecule has 3 N–H and O–H groups in total. The van der Waals surface area contributed by atoms with Crippen molar-refractivity contribution >= 4 is 0 Å². The van der Waals surface area contributed by atoms with Gasteiger partial charge in [0.25, 0.3) is 0 Å². The second-order valence-electron chi connectivity index (χ2n) is 3.73. The van der Waals surface area contributed by atoms with E-state index in [0.717, 1.165) is 24.3 Å².